The molecule has 1 unspecified atom stereocenters. The van der Waals surface area contributed by atoms with Crippen molar-refractivity contribution in [2.45, 2.75) is 87.7 Å². The molecule has 5 nitrogen and oxygen atoms in total. The fraction of sp³-hybridized carbons (Fsp3) is 0.633. The third-order valence-electron chi connectivity index (χ3n) is 9.81. The predicted molar refractivity (Wildman–Crippen MR) is 133 cm³/mol. The van der Waals surface area contributed by atoms with Crippen LogP contribution in [-0.2, 0) is 32.4 Å². The molecule has 1 N–H and O–H groups in total. The van der Waals surface area contributed by atoms with Crippen LogP contribution in [0, 0.1) is 5.41 Å². The second kappa shape index (κ2) is 9.01. The van der Waals surface area contributed by atoms with Crippen molar-refractivity contribution in [1.82, 2.24) is 4.98 Å². The maximum Gasteiger partial charge on any atom is 0.416 e. The van der Waals surface area contributed by atoms with Crippen LogP contribution in [0.1, 0.15) is 109 Å². The summed E-state index contributed by atoms with van der Waals surface area (Å²) in [5.74, 6) is 0.190. The third kappa shape index (κ3) is 3.94. The molecule has 38 heavy (non-hydrogen) atoms. The van der Waals surface area contributed by atoms with Gasteiger partial charge in [0, 0.05) is 62.0 Å². The van der Waals surface area contributed by atoms with E-state index in [0.717, 1.165) is 78.7 Å². The number of aromatic nitrogens is 1. The summed E-state index contributed by atoms with van der Waals surface area (Å²) >= 11 is 0. The minimum atomic E-state index is -4.40. The number of rotatable bonds is 2. The van der Waals surface area contributed by atoms with Crippen molar-refractivity contribution in [2.75, 3.05) is 26.4 Å². The van der Waals surface area contributed by atoms with Gasteiger partial charge in [0.05, 0.1) is 23.0 Å². The molecule has 5 aliphatic rings. The summed E-state index contributed by atoms with van der Waals surface area (Å²) in [6, 6.07) is 5.37. The molecule has 2 aliphatic carbocycles. The van der Waals surface area contributed by atoms with Crippen LogP contribution in [0.15, 0.2) is 24.3 Å². The molecule has 1 aromatic carbocycles. The lowest BCUT2D eigenvalue weighted by atomic mass is 9.58. The number of fused-ring (bicyclic) bond motifs is 4. The number of nitrogens with zero attached hydrogens (tertiary/aromatic N) is 1. The van der Waals surface area contributed by atoms with Gasteiger partial charge in [-0.25, -0.2) is 0 Å². The second-order valence-corrected chi connectivity index (χ2v) is 12.0. The van der Waals surface area contributed by atoms with Gasteiger partial charge in [0.15, 0.2) is 0 Å². The van der Waals surface area contributed by atoms with E-state index in [1.165, 1.54) is 6.42 Å². The molecule has 1 saturated carbocycles. The van der Waals surface area contributed by atoms with Crippen LogP contribution in [0.5, 0.6) is 0 Å². The van der Waals surface area contributed by atoms with Gasteiger partial charge in [-0.2, -0.15) is 13.2 Å². The highest BCUT2D eigenvalue weighted by molar-refractivity contribution is 5.55. The maximum atomic E-state index is 13.4. The number of ether oxygens (including phenoxy) is 3. The van der Waals surface area contributed by atoms with Gasteiger partial charge in [-0.1, -0.05) is 18.6 Å². The van der Waals surface area contributed by atoms with E-state index >= 15 is 0 Å². The first-order valence-electron chi connectivity index (χ1n) is 14.0. The van der Waals surface area contributed by atoms with Gasteiger partial charge >= 0.3 is 6.18 Å². The zero-order chi connectivity index (χ0) is 26.1. The lowest BCUT2D eigenvalue weighted by molar-refractivity contribution is -0.137. The summed E-state index contributed by atoms with van der Waals surface area (Å²) in [5, 5.41) is 11.7. The van der Waals surface area contributed by atoms with Gasteiger partial charge in [-0.15, -0.1) is 0 Å². The Hall–Kier alpha value is -2.00. The Morgan fingerprint density at radius 1 is 0.895 bits per heavy atom. The predicted octanol–water partition coefficient (Wildman–Crippen LogP) is 6.27. The average Bonchev–Trinajstić information content (AvgIpc) is 3.21. The van der Waals surface area contributed by atoms with Crippen molar-refractivity contribution >= 4 is 0 Å². The van der Waals surface area contributed by atoms with Gasteiger partial charge in [0.1, 0.15) is 6.10 Å². The summed E-state index contributed by atoms with van der Waals surface area (Å²) in [7, 11) is 0. The fourth-order valence-corrected chi connectivity index (χ4v) is 7.71. The minimum absolute atomic E-state index is 0.135. The molecule has 8 heteroatoms. The van der Waals surface area contributed by atoms with E-state index in [9.17, 15) is 18.3 Å². The molecule has 0 radical (unpaired) electrons. The molecular weight excluding hydrogens is 495 g/mol. The first-order chi connectivity index (χ1) is 18.3. The molecule has 0 amide bonds. The topological polar surface area (TPSA) is 60.8 Å². The zero-order valence-electron chi connectivity index (χ0n) is 21.5. The number of halogens is 3. The number of hydrogen-bond donors (Lipinski definition) is 1. The van der Waals surface area contributed by atoms with Crippen LogP contribution in [0.3, 0.4) is 0 Å². The Bertz CT molecular complexity index is 1210. The molecule has 1 aromatic heterocycles. The first-order valence-corrected chi connectivity index (χ1v) is 14.0. The van der Waals surface area contributed by atoms with Crippen molar-refractivity contribution in [3.63, 3.8) is 0 Å². The van der Waals surface area contributed by atoms with Crippen molar-refractivity contribution in [2.24, 2.45) is 5.41 Å². The van der Waals surface area contributed by atoms with E-state index < -0.39 is 29.5 Å². The highest BCUT2D eigenvalue weighted by Gasteiger charge is 2.54. The molecule has 4 heterocycles. The monoisotopic (exact) mass is 529 g/mol. The maximum absolute atomic E-state index is 13.4. The van der Waals surface area contributed by atoms with Crippen molar-refractivity contribution in [1.29, 1.82) is 0 Å². The Morgan fingerprint density at radius 3 is 2.21 bits per heavy atom. The first kappa shape index (κ1) is 25.0. The number of alkyl halides is 3. The van der Waals surface area contributed by atoms with Crippen molar-refractivity contribution in [3.8, 4) is 0 Å². The largest absolute Gasteiger partial charge is 0.416 e. The van der Waals surface area contributed by atoms with Crippen molar-refractivity contribution in [3.05, 3.63) is 63.5 Å². The molecule has 204 valence electrons. The molecule has 2 saturated heterocycles. The number of benzene rings is 1. The van der Waals surface area contributed by atoms with Crippen LogP contribution in [0.2, 0.25) is 0 Å². The summed E-state index contributed by atoms with van der Waals surface area (Å²) in [6.45, 7) is 2.41. The average molecular weight is 530 g/mol. The Balaban J connectivity index is 1.43. The van der Waals surface area contributed by atoms with Crippen molar-refractivity contribution < 1.29 is 32.5 Å². The van der Waals surface area contributed by atoms with E-state index in [-0.39, 0.29) is 11.3 Å². The van der Waals surface area contributed by atoms with E-state index in [1.54, 1.807) is 12.1 Å². The molecule has 0 bridgehead atoms. The van der Waals surface area contributed by atoms with Crippen LogP contribution in [0.4, 0.5) is 13.2 Å². The molecule has 7 rings (SSSR count). The van der Waals surface area contributed by atoms with E-state index in [2.05, 4.69) is 0 Å². The number of aliphatic hydroxyl groups is 1. The molecule has 2 atom stereocenters. The van der Waals surface area contributed by atoms with E-state index in [0.29, 0.717) is 44.8 Å². The minimum Gasteiger partial charge on any atom is -0.388 e. The standard InChI is InChI=1S/C30H34F3NO4/c31-30(32,33)20-4-2-19(3-5-20)27-24-25(29(38-27)10-14-37-15-11-29)23-21(16-28(8-1-9-28)17-22(23)35)34-26(24)18-6-12-36-13-7-18/h2-5,18,22,27,35H,1,6-17H2/t22?,27-/m1/s1. The summed E-state index contributed by atoms with van der Waals surface area (Å²) in [4.78, 5) is 5.34. The normalized spacial score (nSPS) is 28.2. The van der Waals surface area contributed by atoms with Gasteiger partial charge in [0.2, 0.25) is 0 Å². The summed E-state index contributed by atoms with van der Waals surface area (Å²) in [6.07, 6.45) is 2.51. The lowest BCUT2D eigenvalue weighted by Gasteiger charge is -2.48. The van der Waals surface area contributed by atoms with Crippen LogP contribution in [0.25, 0.3) is 0 Å². The molecule has 2 aromatic rings. The Labute approximate surface area is 220 Å². The fourth-order valence-electron chi connectivity index (χ4n) is 7.71. The Kier molecular flexibility index (Phi) is 5.93. The van der Waals surface area contributed by atoms with E-state index in [4.69, 9.17) is 19.2 Å². The summed E-state index contributed by atoms with van der Waals surface area (Å²) in [5.41, 5.74) is 4.47. The number of hydrogen-bond acceptors (Lipinski definition) is 5. The summed E-state index contributed by atoms with van der Waals surface area (Å²) < 4.78 is 58.5. The Morgan fingerprint density at radius 2 is 1.58 bits per heavy atom. The van der Waals surface area contributed by atoms with Gasteiger partial charge in [-0.05, 0) is 67.2 Å². The highest BCUT2D eigenvalue weighted by atomic mass is 19.4. The quantitative estimate of drug-likeness (QED) is 0.497. The van der Waals surface area contributed by atoms with Gasteiger partial charge in [-0.3, -0.25) is 4.98 Å². The molecule has 2 spiro atoms. The smallest absolute Gasteiger partial charge is 0.388 e. The van der Waals surface area contributed by atoms with Gasteiger partial charge in [0.25, 0.3) is 0 Å². The van der Waals surface area contributed by atoms with Crippen LogP contribution < -0.4 is 0 Å². The SMILES string of the molecule is OC1CC2(CCC2)Cc2nc(C3CCOCC3)c3c(c21)C1(CCOCC1)O[C@@H]3c1ccc(C(F)(F)F)cc1. The molecule has 3 aliphatic heterocycles. The molecular formula is C30H34F3NO4. The van der Waals surface area contributed by atoms with Gasteiger partial charge < -0.3 is 19.3 Å². The second-order valence-electron chi connectivity index (χ2n) is 12.0. The van der Waals surface area contributed by atoms with E-state index in [1.807, 2.05) is 0 Å². The van der Waals surface area contributed by atoms with Crippen LogP contribution >= 0.6 is 0 Å². The number of pyridine rings is 1. The third-order valence-corrected chi connectivity index (χ3v) is 9.81. The zero-order valence-corrected chi connectivity index (χ0v) is 21.5. The molecule has 3 fully saturated rings. The van der Waals surface area contributed by atoms with Crippen LogP contribution in [-0.4, -0.2) is 36.5 Å². The number of aliphatic hydroxyl groups excluding tert-OH is 1. The lowest BCUT2D eigenvalue weighted by Crippen LogP contribution is -2.41. The highest BCUT2D eigenvalue weighted by Crippen LogP contribution is 2.60.